The van der Waals surface area contributed by atoms with Gasteiger partial charge in [0.05, 0.1) is 12.9 Å². The predicted molar refractivity (Wildman–Crippen MR) is 133 cm³/mol. The van der Waals surface area contributed by atoms with Gasteiger partial charge in [-0.1, -0.05) is 50.3 Å². The molecule has 0 spiro atoms. The van der Waals surface area contributed by atoms with Gasteiger partial charge < -0.3 is 20.7 Å². The molecule has 1 aromatic rings. The number of rotatable bonds is 13. The third kappa shape index (κ3) is 9.39. The van der Waals surface area contributed by atoms with Gasteiger partial charge in [-0.3, -0.25) is 9.79 Å². The molecule has 1 saturated carbocycles. The van der Waals surface area contributed by atoms with Gasteiger partial charge in [0.25, 0.3) is 0 Å². The van der Waals surface area contributed by atoms with Crippen molar-refractivity contribution in [3.63, 3.8) is 0 Å². The van der Waals surface area contributed by atoms with E-state index in [9.17, 15) is 4.79 Å². The van der Waals surface area contributed by atoms with Crippen LogP contribution in [-0.2, 0) is 9.53 Å². The number of carbonyl (C=O) groups excluding carboxylic acids is 1. The predicted octanol–water partition coefficient (Wildman–Crippen LogP) is 4.45. The number of carbonyl (C=O) groups is 1. The number of nitrogens with two attached hydrogens (primary N) is 1. The Kier molecular flexibility index (Phi) is 11.8. The average molecular weight is 444 g/mol. The highest BCUT2D eigenvalue weighted by atomic mass is 16.5. The number of aliphatic imine (C=N–C) groups is 2. The van der Waals surface area contributed by atoms with E-state index in [-0.39, 0.29) is 11.3 Å². The highest BCUT2D eigenvalue weighted by molar-refractivity contribution is 5.97. The Bertz CT molecular complexity index is 714. The van der Waals surface area contributed by atoms with E-state index in [2.05, 4.69) is 15.3 Å². The molecule has 1 aliphatic carbocycles. The highest BCUT2D eigenvalue weighted by Gasteiger charge is 2.35. The number of nitrogens with one attached hydrogen (secondary N) is 1. The van der Waals surface area contributed by atoms with Crippen LogP contribution in [0.4, 0.5) is 5.69 Å². The summed E-state index contributed by atoms with van der Waals surface area (Å²) in [5.41, 5.74) is 6.54. The van der Waals surface area contributed by atoms with Gasteiger partial charge in [-0.15, -0.1) is 0 Å². The molecule has 2 rings (SSSR count). The van der Waals surface area contributed by atoms with Crippen molar-refractivity contribution in [2.75, 3.05) is 39.2 Å². The number of ether oxygens (including phenoxy) is 1. The number of hydrogen-bond acceptors (Lipinski definition) is 3. The van der Waals surface area contributed by atoms with Crippen molar-refractivity contribution >= 4 is 23.9 Å². The molecule has 7 heteroatoms. The van der Waals surface area contributed by atoms with Crippen LogP contribution in [-0.4, -0.2) is 57.0 Å². The number of para-hydroxylation sites is 1. The van der Waals surface area contributed by atoms with Crippen molar-refractivity contribution < 1.29 is 9.53 Å². The fourth-order valence-electron chi connectivity index (χ4n) is 4.50. The number of hydrogen-bond donors (Lipinski definition) is 2. The van der Waals surface area contributed by atoms with Crippen molar-refractivity contribution in [1.82, 2.24) is 4.90 Å². The summed E-state index contributed by atoms with van der Waals surface area (Å²) >= 11 is 0. The molecule has 1 fully saturated rings. The van der Waals surface area contributed by atoms with Gasteiger partial charge in [-0.2, -0.15) is 0 Å². The van der Waals surface area contributed by atoms with Crippen LogP contribution in [0.25, 0.3) is 0 Å². The maximum atomic E-state index is 12.5. The molecule has 1 amide bonds. The fourth-order valence-corrected chi connectivity index (χ4v) is 4.50. The second-order valence-electron chi connectivity index (χ2n) is 8.88. The summed E-state index contributed by atoms with van der Waals surface area (Å²) < 4.78 is 5.45. The normalized spacial score (nSPS) is 15.9. The zero-order valence-electron chi connectivity index (χ0n) is 19.9. The third-order valence-electron chi connectivity index (χ3n) is 6.15. The maximum absolute atomic E-state index is 12.5. The summed E-state index contributed by atoms with van der Waals surface area (Å²) in [6.07, 6.45) is 11.9. The number of amides is 1. The Hall–Kier alpha value is -2.41. The molecule has 0 bridgehead atoms. The first-order valence-corrected chi connectivity index (χ1v) is 11.9. The zero-order chi connectivity index (χ0) is 23.1. The number of anilines is 1. The molecule has 32 heavy (non-hydrogen) atoms. The fraction of sp³-hybridized carbons (Fsp3) is 0.640. The van der Waals surface area contributed by atoms with E-state index in [4.69, 9.17) is 10.5 Å². The molecule has 3 N–H and O–H groups in total. The Balaban J connectivity index is 1.59. The minimum atomic E-state index is 0.168. The SMILES string of the molecule is COCC1(CN(C)C(=O)CCCCCCCN=C(N=CN)Nc2ccccc2)CCCC1. The minimum Gasteiger partial charge on any atom is -0.390 e. The number of methoxy groups -OCH3 is 1. The van der Waals surface area contributed by atoms with E-state index in [0.29, 0.717) is 18.9 Å². The van der Waals surface area contributed by atoms with Crippen LogP contribution in [0, 0.1) is 5.41 Å². The van der Waals surface area contributed by atoms with Gasteiger partial charge in [0.1, 0.15) is 0 Å². The minimum absolute atomic E-state index is 0.168. The molecule has 0 atom stereocenters. The van der Waals surface area contributed by atoms with Gasteiger partial charge in [0.15, 0.2) is 0 Å². The van der Waals surface area contributed by atoms with Crippen molar-refractivity contribution in [2.24, 2.45) is 21.1 Å². The molecule has 178 valence electrons. The summed E-state index contributed by atoms with van der Waals surface area (Å²) in [4.78, 5) is 23.1. The second-order valence-corrected chi connectivity index (χ2v) is 8.88. The molecule has 7 nitrogen and oxygen atoms in total. The number of nitrogens with zero attached hydrogens (tertiary/aromatic N) is 3. The lowest BCUT2D eigenvalue weighted by atomic mass is 9.86. The number of unbranched alkanes of at least 4 members (excludes halogenated alkanes) is 4. The van der Waals surface area contributed by atoms with Crippen LogP contribution >= 0.6 is 0 Å². The Labute approximate surface area is 193 Å². The molecule has 1 aliphatic rings. The Morgan fingerprint density at radius 2 is 1.84 bits per heavy atom. The van der Waals surface area contributed by atoms with E-state index in [1.807, 2.05) is 42.3 Å². The highest BCUT2D eigenvalue weighted by Crippen LogP contribution is 2.39. The standard InChI is InChI=1S/C25H41N5O2/c1-30(19-25(20-32-2)16-10-11-17-25)23(31)15-9-4-3-5-12-18-27-24(28-21-26)29-22-13-7-6-8-14-22/h6-8,13-14,21H,3-5,9-12,15-20H2,1-2H3,(H3,26,27,28,29). The summed E-state index contributed by atoms with van der Waals surface area (Å²) in [5, 5.41) is 3.17. The summed E-state index contributed by atoms with van der Waals surface area (Å²) in [6.45, 7) is 2.28. The first-order valence-electron chi connectivity index (χ1n) is 11.9. The summed E-state index contributed by atoms with van der Waals surface area (Å²) in [7, 11) is 3.71. The molecule has 1 aromatic carbocycles. The Morgan fingerprint density at radius 1 is 1.16 bits per heavy atom. The second kappa shape index (κ2) is 14.6. The van der Waals surface area contributed by atoms with Crippen LogP contribution in [0.15, 0.2) is 40.3 Å². The quantitative estimate of drug-likeness (QED) is 0.268. The van der Waals surface area contributed by atoms with E-state index >= 15 is 0 Å². The number of guanidine groups is 1. The van der Waals surface area contributed by atoms with E-state index < -0.39 is 0 Å². The molecule has 0 aliphatic heterocycles. The van der Waals surface area contributed by atoms with Crippen molar-refractivity contribution in [3.05, 3.63) is 30.3 Å². The molecular formula is C25H41N5O2. The monoisotopic (exact) mass is 443 g/mol. The van der Waals surface area contributed by atoms with Gasteiger partial charge in [0.2, 0.25) is 11.9 Å². The maximum Gasteiger partial charge on any atom is 0.223 e. The van der Waals surface area contributed by atoms with Gasteiger partial charge in [0, 0.05) is 44.8 Å². The average Bonchev–Trinajstić information content (AvgIpc) is 3.24. The summed E-state index contributed by atoms with van der Waals surface area (Å²) in [5.74, 6) is 0.786. The van der Waals surface area contributed by atoms with Gasteiger partial charge in [-0.05, 0) is 37.8 Å². The van der Waals surface area contributed by atoms with E-state index in [1.165, 1.54) is 32.0 Å². The van der Waals surface area contributed by atoms with Crippen LogP contribution in [0.2, 0.25) is 0 Å². The summed E-state index contributed by atoms with van der Waals surface area (Å²) in [6, 6.07) is 9.81. The molecule has 0 unspecified atom stereocenters. The molecule has 0 heterocycles. The lowest BCUT2D eigenvalue weighted by molar-refractivity contribution is -0.132. The Morgan fingerprint density at radius 3 is 2.53 bits per heavy atom. The van der Waals surface area contributed by atoms with Crippen molar-refractivity contribution in [2.45, 2.75) is 64.2 Å². The zero-order valence-corrected chi connectivity index (χ0v) is 19.9. The van der Waals surface area contributed by atoms with Crippen LogP contribution in [0.3, 0.4) is 0 Å². The topological polar surface area (TPSA) is 92.3 Å². The van der Waals surface area contributed by atoms with E-state index in [0.717, 1.165) is 50.9 Å². The largest absolute Gasteiger partial charge is 0.390 e. The molecule has 0 saturated heterocycles. The lowest BCUT2D eigenvalue weighted by Gasteiger charge is -2.33. The van der Waals surface area contributed by atoms with Crippen LogP contribution in [0.1, 0.15) is 64.2 Å². The van der Waals surface area contributed by atoms with Crippen LogP contribution in [0.5, 0.6) is 0 Å². The van der Waals surface area contributed by atoms with E-state index in [1.54, 1.807) is 7.11 Å². The number of benzene rings is 1. The molecular weight excluding hydrogens is 402 g/mol. The molecule has 0 radical (unpaired) electrons. The smallest absolute Gasteiger partial charge is 0.223 e. The van der Waals surface area contributed by atoms with Crippen LogP contribution < -0.4 is 11.1 Å². The van der Waals surface area contributed by atoms with Crippen molar-refractivity contribution in [1.29, 1.82) is 0 Å². The first kappa shape index (κ1) is 25.8. The third-order valence-corrected chi connectivity index (χ3v) is 6.15. The first-order chi connectivity index (χ1) is 15.6. The lowest BCUT2D eigenvalue weighted by Crippen LogP contribution is -2.40. The van der Waals surface area contributed by atoms with Gasteiger partial charge >= 0.3 is 0 Å². The van der Waals surface area contributed by atoms with Gasteiger partial charge in [-0.25, -0.2) is 4.99 Å². The molecule has 0 aromatic heterocycles. The van der Waals surface area contributed by atoms with Crippen molar-refractivity contribution in [3.8, 4) is 0 Å².